The highest BCUT2D eigenvalue weighted by Crippen LogP contribution is 2.28. The Labute approximate surface area is 234 Å². The molecule has 3 aromatic rings. The zero-order chi connectivity index (χ0) is 29.6. The first kappa shape index (κ1) is 29.1. The van der Waals surface area contributed by atoms with Gasteiger partial charge in [-0.2, -0.15) is 13.2 Å². The maximum Gasteiger partial charge on any atom is 0.433 e. The smallest absolute Gasteiger partial charge is 0.351 e. The minimum Gasteiger partial charge on any atom is -0.351 e. The van der Waals surface area contributed by atoms with Crippen LogP contribution in [0.4, 0.5) is 13.2 Å². The Bertz CT molecular complexity index is 1510. The van der Waals surface area contributed by atoms with E-state index < -0.39 is 29.6 Å². The van der Waals surface area contributed by atoms with Crippen molar-refractivity contribution in [2.75, 3.05) is 7.05 Å². The number of amides is 2. The molecule has 3 N–H and O–H groups in total. The fraction of sp³-hybridized carbons (Fsp3) is 0.241. The highest BCUT2D eigenvalue weighted by Gasteiger charge is 2.32. The molecule has 0 radical (unpaired) electrons. The summed E-state index contributed by atoms with van der Waals surface area (Å²) >= 11 is 0. The summed E-state index contributed by atoms with van der Waals surface area (Å²) < 4.78 is 40.1. The Hall–Kier alpha value is -4.87. The highest BCUT2D eigenvalue weighted by atomic mass is 19.4. The molecular formula is C29H28F3N7O2. The maximum atomic E-state index is 13.1. The first-order chi connectivity index (χ1) is 19.6. The second kappa shape index (κ2) is 12.5. The average Bonchev–Trinajstić information content (AvgIpc) is 3.39. The van der Waals surface area contributed by atoms with Gasteiger partial charge in [0.1, 0.15) is 23.1 Å². The quantitative estimate of drug-likeness (QED) is 0.347. The van der Waals surface area contributed by atoms with Crippen molar-refractivity contribution in [3.63, 3.8) is 0 Å². The van der Waals surface area contributed by atoms with E-state index in [9.17, 15) is 22.8 Å². The van der Waals surface area contributed by atoms with Crippen molar-refractivity contribution in [3.8, 4) is 11.3 Å². The Morgan fingerprint density at radius 2 is 1.98 bits per heavy atom. The number of carbonyl (C=O) groups excluding carboxylic acids is 2. The number of aliphatic imine (C=N–C) groups is 1. The third-order valence-corrected chi connectivity index (χ3v) is 6.43. The lowest BCUT2D eigenvalue weighted by atomic mass is 10.0. The van der Waals surface area contributed by atoms with Gasteiger partial charge in [0.05, 0.1) is 5.69 Å². The van der Waals surface area contributed by atoms with E-state index in [1.54, 1.807) is 12.3 Å². The van der Waals surface area contributed by atoms with Crippen LogP contribution in [0, 0.1) is 11.3 Å². The minimum absolute atomic E-state index is 0.0448. The van der Waals surface area contributed by atoms with Crippen LogP contribution in [-0.4, -0.2) is 45.3 Å². The van der Waals surface area contributed by atoms with Gasteiger partial charge in [0, 0.05) is 55.6 Å². The average molecular weight is 564 g/mol. The Balaban J connectivity index is 1.42. The molecule has 1 aromatic carbocycles. The summed E-state index contributed by atoms with van der Waals surface area (Å²) in [6, 6.07) is 11.8. The van der Waals surface area contributed by atoms with Crippen molar-refractivity contribution in [2.24, 2.45) is 10.9 Å². The topological polar surface area (TPSA) is 125 Å². The molecule has 1 aliphatic heterocycles. The van der Waals surface area contributed by atoms with E-state index in [1.165, 1.54) is 13.1 Å². The number of benzene rings is 1. The molecule has 0 aliphatic carbocycles. The molecule has 9 nitrogen and oxygen atoms in total. The number of aromatic nitrogens is 3. The van der Waals surface area contributed by atoms with E-state index in [4.69, 9.17) is 10.4 Å². The van der Waals surface area contributed by atoms with Gasteiger partial charge in [0.2, 0.25) is 5.91 Å². The Kier molecular flexibility index (Phi) is 8.91. The van der Waals surface area contributed by atoms with Crippen LogP contribution in [0.5, 0.6) is 0 Å². The summed E-state index contributed by atoms with van der Waals surface area (Å²) in [4.78, 5) is 38.1. The van der Waals surface area contributed by atoms with E-state index in [2.05, 4.69) is 20.6 Å². The van der Waals surface area contributed by atoms with Crippen LogP contribution in [0.2, 0.25) is 0 Å². The number of fused-ring (bicyclic) bond motifs is 1. The predicted octanol–water partition coefficient (Wildman–Crippen LogP) is 4.59. The number of alkyl halides is 3. The van der Waals surface area contributed by atoms with E-state index in [0.29, 0.717) is 17.7 Å². The van der Waals surface area contributed by atoms with Gasteiger partial charge in [-0.3, -0.25) is 19.6 Å². The fourth-order valence-corrected chi connectivity index (χ4v) is 4.22. The second-order valence-corrected chi connectivity index (χ2v) is 9.34. The number of pyridine rings is 1. The predicted molar refractivity (Wildman–Crippen MR) is 149 cm³/mol. The Morgan fingerprint density at radius 3 is 2.61 bits per heavy atom. The number of hydrogen-bond acceptors (Lipinski definition) is 6. The lowest BCUT2D eigenvalue weighted by Gasteiger charge is -2.17. The molecule has 0 spiro atoms. The van der Waals surface area contributed by atoms with E-state index in [0.717, 1.165) is 35.6 Å². The summed E-state index contributed by atoms with van der Waals surface area (Å²) in [7, 11) is 1.34. The largest absolute Gasteiger partial charge is 0.433 e. The summed E-state index contributed by atoms with van der Waals surface area (Å²) in [5.74, 6) is -1.76. The summed E-state index contributed by atoms with van der Waals surface area (Å²) in [6.07, 6.45) is 5.08. The van der Waals surface area contributed by atoms with Crippen molar-refractivity contribution in [1.29, 1.82) is 5.41 Å². The molecule has 12 heteroatoms. The molecule has 2 amide bonds. The SMILES string of the molecule is CN=C(C(=O)NC1=CCC(C)c2nc(-c3ccccc3)cn2C=C1)C(C=N)C(=O)NCc1ccc(C(F)(F)F)nc1. The Morgan fingerprint density at radius 1 is 1.22 bits per heavy atom. The van der Waals surface area contributed by atoms with Crippen LogP contribution in [-0.2, 0) is 22.3 Å². The van der Waals surface area contributed by atoms with Gasteiger partial charge in [-0.25, -0.2) is 4.98 Å². The number of halogens is 3. The van der Waals surface area contributed by atoms with Crippen LogP contribution in [0.15, 0.2) is 77.7 Å². The van der Waals surface area contributed by atoms with Gasteiger partial charge in [-0.15, -0.1) is 0 Å². The van der Waals surface area contributed by atoms with Gasteiger partial charge in [-0.05, 0) is 24.1 Å². The molecule has 0 fully saturated rings. The molecule has 0 bridgehead atoms. The number of allylic oxidation sites excluding steroid dienone is 2. The molecule has 2 aromatic heterocycles. The molecule has 2 atom stereocenters. The van der Waals surface area contributed by atoms with Crippen molar-refractivity contribution in [2.45, 2.75) is 32.0 Å². The first-order valence-electron chi connectivity index (χ1n) is 12.7. The highest BCUT2D eigenvalue weighted by molar-refractivity contribution is 6.46. The normalized spacial score (nSPS) is 16.1. The van der Waals surface area contributed by atoms with Crippen LogP contribution >= 0.6 is 0 Å². The number of imidazole rings is 1. The zero-order valence-electron chi connectivity index (χ0n) is 22.3. The van der Waals surface area contributed by atoms with E-state index in [-0.39, 0.29) is 18.2 Å². The molecular weight excluding hydrogens is 535 g/mol. The number of nitrogens with one attached hydrogen (secondary N) is 3. The van der Waals surface area contributed by atoms with E-state index in [1.807, 2.05) is 54.1 Å². The monoisotopic (exact) mass is 563 g/mol. The van der Waals surface area contributed by atoms with Gasteiger partial charge in [-0.1, -0.05) is 49.4 Å². The van der Waals surface area contributed by atoms with Crippen LogP contribution in [0.3, 0.4) is 0 Å². The number of rotatable bonds is 8. The van der Waals surface area contributed by atoms with E-state index >= 15 is 0 Å². The molecule has 1 aliphatic rings. The molecule has 0 saturated carbocycles. The zero-order valence-corrected chi connectivity index (χ0v) is 22.3. The third kappa shape index (κ3) is 7.02. The minimum atomic E-state index is -4.57. The van der Waals surface area contributed by atoms with Crippen molar-refractivity contribution < 1.29 is 22.8 Å². The number of nitrogens with zero attached hydrogens (tertiary/aromatic N) is 4. The number of hydrogen-bond donors (Lipinski definition) is 3. The van der Waals surface area contributed by atoms with Gasteiger partial charge < -0.3 is 20.6 Å². The van der Waals surface area contributed by atoms with Crippen molar-refractivity contribution >= 4 is 29.9 Å². The van der Waals surface area contributed by atoms with Gasteiger partial charge in [0.25, 0.3) is 5.91 Å². The lowest BCUT2D eigenvalue weighted by molar-refractivity contribution is -0.141. The standard InChI is InChI=1S/C29H28F3N7O2/c1-18-8-10-21(12-13-39-17-23(38-26(18)39)20-6-4-3-5-7-20)37-28(41)25(34-2)22(14-33)27(40)36-16-19-9-11-24(35-15-19)29(30,31)32/h3-7,9-15,17-18,22,33H,8,16H2,1-2H3,(H,36,40)(H,37,41). The second-order valence-electron chi connectivity index (χ2n) is 9.34. The maximum absolute atomic E-state index is 13.1. The third-order valence-electron chi connectivity index (χ3n) is 6.43. The van der Waals surface area contributed by atoms with Crippen molar-refractivity contribution in [3.05, 3.63) is 89.8 Å². The van der Waals surface area contributed by atoms with Gasteiger partial charge >= 0.3 is 6.18 Å². The molecule has 4 rings (SSSR count). The van der Waals surface area contributed by atoms with Gasteiger partial charge in [0.15, 0.2) is 0 Å². The molecule has 3 heterocycles. The molecule has 0 saturated heterocycles. The fourth-order valence-electron chi connectivity index (χ4n) is 4.22. The van der Waals surface area contributed by atoms with Crippen LogP contribution < -0.4 is 10.6 Å². The summed E-state index contributed by atoms with van der Waals surface area (Å²) in [5, 5.41) is 13.0. The van der Waals surface area contributed by atoms with Crippen LogP contribution in [0.1, 0.15) is 36.3 Å². The first-order valence-corrected chi connectivity index (χ1v) is 12.7. The molecule has 41 heavy (non-hydrogen) atoms. The lowest BCUT2D eigenvalue weighted by Crippen LogP contribution is -2.43. The van der Waals surface area contributed by atoms with Crippen LogP contribution in [0.25, 0.3) is 17.5 Å². The molecule has 2 unspecified atom stereocenters. The van der Waals surface area contributed by atoms with Crippen molar-refractivity contribution in [1.82, 2.24) is 25.2 Å². The summed E-state index contributed by atoms with van der Waals surface area (Å²) in [6.45, 7) is 1.89. The number of carbonyl (C=O) groups is 2. The molecule has 212 valence electrons. The summed E-state index contributed by atoms with van der Waals surface area (Å²) in [5.41, 5.74) is 1.39.